The van der Waals surface area contributed by atoms with Gasteiger partial charge in [0.25, 0.3) is 0 Å². The minimum atomic E-state index is -0.806. The minimum absolute atomic E-state index is 0.0328. The first kappa shape index (κ1) is 14.2. The van der Waals surface area contributed by atoms with Crippen LogP contribution in [0, 0.1) is 11.8 Å². The predicted molar refractivity (Wildman–Crippen MR) is 68.3 cm³/mol. The number of aliphatic carboxylic acids is 1. The van der Waals surface area contributed by atoms with E-state index >= 15 is 0 Å². The SMILES string of the molecule is CSCCN(C)C(=O)N1C[C@@H](C)[C@H](C(=O)O)C1. The van der Waals surface area contributed by atoms with E-state index in [1.54, 1.807) is 28.6 Å². The van der Waals surface area contributed by atoms with Crippen LogP contribution in [0.4, 0.5) is 4.79 Å². The van der Waals surface area contributed by atoms with Gasteiger partial charge in [-0.05, 0) is 12.2 Å². The van der Waals surface area contributed by atoms with E-state index in [1.165, 1.54) is 0 Å². The molecule has 5 nitrogen and oxygen atoms in total. The molecular weight excluding hydrogens is 240 g/mol. The predicted octanol–water partition coefficient (Wildman–Crippen LogP) is 1.05. The van der Waals surface area contributed by atoms with Crippen LogP contribution in [0.15, 0.2) is 0 Å². The topological polar surface area (TPSA) is 60.9 Å². The monoisotopic (exact) mass is 260 g/mol. The van der Waals surface area contributed by atoms with Crippen LogP contribution in [0.2, 0.25) is 0 Å². The molecule has 1 saturated heterocycles. The molecule has 6 heteroatoms. The van der Waals surface area contributed by atoms with Gasteiger partial charge >= 0.3 is 12.0 Å². The minimum Gasteiger partial charge on any atom is -0.481 e. The molecule has 1 heterocycles. The first-order valence-corrected chi connectivity index (χ1v) is 7.08. The van der Waals surface area contributed by atoms with E-state index in [0.29, 0.717) is 19.6 Å². The maximum atomic E-state index is 12.0. The van der Waals surface area contributed by atoms with Crippen molar-refractivity contribution in [2.24, 2.45) is 11.8 Å². The Hall–Kier alpha value is -0.910. The molecular formula is C11H20N2O3S. The summed E-state index contributed by atoms with van der Waals surface area (Å²) in [6, 6.07) is -0.0605. The number of rotatable bonds is 4. The Labute approximate surface area is 106 Å². The van der Waals surface area contributed by atoms with E-state index in [-0.39, 0.29) is 11.9 Å². The molecule has 0 aliphatic carbocycles. The lowest BCUT2D eigenvalue weighted by molar-refractivity contribution is -0.142. The summed E-state index contributed by atoms with van der Waals surface area (Å²) in [4.78, 5) is 26.3. The summed E-state index contributed by atoms with van der Waals surface area (Å²) >= 11 is 1.69. The summed E-state index contributed by atoms with van der Waals surface area (Å²) in [7, 11) is 1.76. The highest BCUT2D eigenvalue weighted by molar-refractivity contribution is 7.98. The number of thioether (sulfide) groups is 1. The van der Waals surface area contributed by atoms with Gasteiger partial charge in [0.2, 0.25) is 0 Å². The van der Waals surface area contributed by atoms with Crippen LogP contribution in [-0.2, 0) is 4.79 Å². The average molecular weight is 260 g/mol. The maximum absolute atomic E-state index is 12.0. The number of likely N-dealkylation sites (tertiary alicyclic amines) is 1. The van der Waals surface area contributed by atoms with Gasteiger partial charge in [-0.2, -0.15) is 11.8 Å². The standard InChI is InChI=1S/C11H20N2O3S/c1-8-6-13(7-9(8)10(14)15)11(16)12(2)4-5-17-3/h8-9H,4-7H2,1-3H3,(H,14,15)/t8-,9-/m1/s1. The molecule has 1 N–H and O–H groups in total. The van der Waals surface area contributed by atoms with Crippen LogP contribution >= 0.6 is 11.8 Å². The number of carboxylic acids is 1. The molecule has 0 radical (unpaired) electrons. The molecule has 1 rings (SSSR count). The number of amides is 2. The molecule has 0 aromatic rings. The number of nitrogens with zero attached hydrogens (tertiary/aromatic N) is 2. The first-order chi connectivity index (χ1) is 7.97. The van der Waals surface area contributed by atoms with Crippen LogP contribution in [-0.4, -0.2) is 65.6 Å². The van der Waals surface area contributed by atoms with Crippen molar-refractivity contribution >= 4 is 23.8 Å². The van der Waals surface area contributed by atoms with Gasteiger partial charge < -0.3 is 14.9 Å². The lowest BCUT2D eigenvalue weighted by Crippen LogP contribution is -2.41. The van der Waals surface area contributed by atoms with E-state index in [0.717, 1.165) is 5.75 Å². The quantitative estimate of drug-likeness (QED) is 0.821. The summed E-state index contributed by atoms with van der Waals surface area (Å²) in [5.41, 5.74) is 0. The molecule has 1 aliphatic rings. The van der Waals surface area contributed by atoms with Crippen LogP contribution in [0.5, 0.6) is 0 Å². The smallest absolute Gasteiger partial charge is 0.319 e. The summed E-state index contributed by atoms with van der Waals surface area (Å²) in [5.74, 6) is -0.300. The highest BCUT2D eigenvalue weighted by Crippen LogP contribution is 2.23. The third-order valence-corrected chi connectivity index (χ3v) is 3.75. The zero-order valence-corrected chi connectivity index (χ0v) is 11.4. The molecule has 2 atom stereocenters. The van der Waals surface area contributed by atoms with E-state index in [1.807, 2.05) is 13.2 Å². The molecule has 0 unspecified atom stereocenters. The number of carbonyl (C=O) groups is 2. The fraction of sp³-hybridized carbons (Fsp3) is 0.818. The Bertz CT molecular complexity index is 298. The summed E-state index contributed by atoms with van der Waals surface area (Å²) in [5, 5.41) is 9.01. The van der Waals surface area contributed by atoms with Gasteiger partial charge in [-0.15, -0.1) is 0 Å². The lowest BCUT2D eigenvalue weighted by atomic mass is 9.99. The molecule has 0 saturated carbocycles. The Morgan fingerprint density at radius 3 is 2.59 bits per heavy atom. The average Bonchev–Trinajstić information content (AvgIpc) is 2.67. The molecule has 1 fully saturated rings. The summed E-state index contributed by atoms with van der Waals surface area (Å²) < 4.78 is 0. The van der Waals surface area contributed by atoms with Crippen molar-refractivity contribution in [2.75, 3.05) is 38.7 Å². The molecule has 17 heavy (non-hydrogen) atoms. The van der Waals surface area contributed by atoms with Gasteiger partial charge in [0.05, 0.1) is 5.92 Å². The zero-order chi connectivity index (χ0) is 13.0. The third kappa shape index (κ3) is 3.52. The van der Waals surface area contributed by atoms with Crippen molar-refractivity contribution in [1.82, 2.24) is 9.80 Å². The van der Waals surface area contributed by atoms with Crippen LogP contribution < -0.4 is 0 Å². The van der Waals surface area contributed by atoms with Crippen LogP contribution in [0.3, 0.4) is 0 Å². The van der Waals surface area contributed by atoms with Gasteiger partial charge in [-0.3, -0.25) is 4.79 Å². The van der Waals surface area contributed by atoms with Gasteiger partial charge in [-0.1, -0.05) is 6.92 Å². The van der Waals surface area contributed by atoms with E-state index in [2.05, 4.69) is 0 Å². The molecule has 1 aliphatic heterocycles. The molecule has 98 valence electrons. The second kappa shape index (κ2) is 6.14. The van der Waals surface area contributed by atoms with Crippen molar-refractivity contribution in [3.05, 3.63) is 0 Å². The molecule has 0 bridgehead atoms. The lowest BCUT2D eigenvalue weighted by Gasteiger charge is -2.24. The van der Waals surface area contributed by atoms with E-state index in [4.69, 9.17) is 5.11 Å². The number of hydrogen-bond donors (Lipinski definition) is 1. The largest absolute Gasteiger partial charge is 0.481 e. The number of hydrogen-bond acceptors (Lipinski definition) is 3. The van der Waals surface area contributed by atoms with Gasteiger partial charge in [0, 0.05) is 32.4 Å². The Morgan fingerprint density at radius 1 is 1.47 bits per heavy atom. The number of urea groups is 1. The number of carbonyl (C=O) groups excluding carboxylic acids is 1. The molecule has 0 spiro atoms. The van der Waals surface area contributed by atoms with Crippen LogP contribution in [0.1, 0.15) is 6.92 Å². The van der Waals surface area contributed by atoms with Crippen molar-refractivity contribution in [3.63, 3.8) is 0 Å². The fourth-order valence-electron chi connectivity index (χ4n) is 2.01. The highest BCUT2D eigenvalue weighted by Gasteiger charge is 2.37. The normalized spacial score (nSPS) is 23.8. The second-order valence-electron chi connectivity index (χ2n) is 4.52. The Kier molecular flexibility index (Phi) is 5.11. The molecule has 2 amide bonds. The zero-order valence-electron chi connectivity index (χ0n) is 10.5. The fourth-order valence-corrected chi connectivity index (χ4v) is 2.47. The van der Waals surface area contributed by atoms with Crippen molar-refractivity contribution in [3.8, 4) is 0 Å². The highest BCUT2D eigenvalue weighted by atomic mass is 32.2. The van der Waals surface area contributed by atoms with Crippen molar-refractivity contribution in [1.29, 1.82) is 0 Å². The van der Waals surface area contributed by atoms with Gasteiger partial charge in [0.1, 0.15) is 0 Å². The van der Waals surface area contributed by atoms with E-state index < -0.39 is 11.9 Å². The Morgan fingerprint density at radius 2 is 2.12 bits per heavy atom. The maximum Gasteiger partial charge on any atom is 0.319 e. The van der Waals surface area contributed by atoms with Crippen molar-refractivity contribution < 1.29 is 14.7 Å². The molecule has 0 aromatic heterocycles. The van der Waals surface area contributed by atoms with Gasteiger partial charge in [-0.25, -0.2) is 4.79 Å². The van der Waals surface area contributed by atoms with Crippen LogP contribution in [0.25, 0.3) is 0 Å². The Balaban J connectivity index is 2.52. The summed E-state index contributed by atoms with van der Waals surface area (Å²) in [6.07, 6.45) is 2.00. The first-order valence-electron chi connectivity index (χ1n) is 5.69. The second-order valence-corrected chi connectivity index (χ2v) is 5.51. The van der Waals surface area contributed by atoms with Crippen molar-refractivity contribution in [2.45, 2.75) is 6.92 Å². The number of carboxylic acid groups (broad SMARTS) is 1. The van der Waals surface area contributed by atoms with E-state index in [9.17, 15) is 9.59 Å². The van der Waals surface area contributed by atoms with Gasteiger partial charge in [0.15, 0.2) is 0 Å². The third-order valence-electron chi connectivity index (χ3n) is 3.16. The molecule has 0 aromatic carbocycles. The summed E-state index contributed by atoms with van der Waals surface area (Å²) in [6.45, 7) is 3.45.